The van der Waals surface area contributed by atoms with Gasteiger partial charge in [0.2, 0.25) is 10.0 Å². The van der Waals surface area contributed by atoms with Crippen molar-refractivity contribution >= 4 is 21.5 Å². The molecule has 1 aromatic heterocycles. The number of para-hydroxylation sites is 1. The van der Waals surface area contributed by atoms with Crippen LogP contribution < -0.4 is 5.32 Å². The molecule has 0 saturated carbocycles. The molecule has 20 heavy (non-hydrogen) atoms. The first-order valence-corrected chi connectivity index (χ1v) is 7.56. The van der Waals surface area contributed by atoms with Gasteiger partial charge < -0.3 is 5.32 Å². The van der Waals surface area contributed by atoms with Crippen LogP contribution in [-0.4, -0.2) is 31.8 Å². The first kappa shape index (κ1) is 14.5. The maximum Gasteiger partial charge on any atom is 0.244 e. The summed E-state index contributed by atoms with van der Waals surface area (Å²) >= 11 is 0. The first-order chi connectivity index (χ1) is 9.41. The predicted molar refractivity (Wildman–Crippen MR) is 79.6 cm³/mol. The predicted octanol–water partition coefficient (Wildman–Crippen LogP) is 2.38. The van der Waals surface area contributed by atoms with Crippen LogP contribution in [0.2, 0.25) is 0 Å². The number of nitrogens with one attached hydrogen (secondary N) is 1. The summed E-state index contributed by atoms with van der Waals surface area (Å²) in [5.41, 5.74) is 2.04. The fourth-order valence-corrected chi connectivity index (χ4v) is 2.52. The number of nitrogens with zero attached hydrogens (tertiary/aromatic N) is 2. The minimum atomic E-state index is -3.43. The van der Waals surface area contributed by atoms with Crippen molar-refractivity contribution in [3.63, 3.8) is 0 Å². The normalized spacial score (nSPS) is 11.6. The second-order valence-corrected chi connectivity index (χ2v) is 6.76. The highest BCUT2D eigenvalue weighted by Gasteiger charge is 2.17. The van der Waals surface area contributed by atoms with Crippen molar-refractivity contribution in [2.24, 2.45) is 0 Å². The zero-order chi connectivity index (χ0) is 14.8. The molecule has 0 amide bonds. The smallest absolute Gasteiger partial charge is 0.244 e. The van der Waals surface area contributed by atoms with Gasteiger partial charge in [-0.3, -0.25) is 0 Å². The van der Waals surface area contributed by atoms with Crippen LogP contribution in [0.15, 0.2) is 47.5 Å². The third kappa shape index (κ3) is 2.97. The Kier molecular flexibility index (Phi) is 4.06. The van der Waals surface area contributed by atoms with Crippen LogP contribution in [-0.2, 0) is 10.0 Å². The van der Waals surface area contributed by atoms with E-state index in [0.29, 0.717) is 5.82 Å². The van der Waals surface area contributed by atoms with Gasteiger partial charge in [-0.2, -0.15) is 0 Å². The van der Waals surface area contributed by atoms with Crippen LogP contribution in [0.25, 0.3) is 0 Å². The van der Waals surface area contributed by atoms with Crippen molar-refractivity contribution < 1.29 is 8.42 Å². The van der Waals surface area contributed by atoms with E-state index in [-0.39, 0.29) is 4.90 Å². The number of benzene rings is 1. The Labute approximate surface area is 119 Å². The molecule has 1 N–H and O–H groups in total. The summed E-state index contributed by atoms with van der Waals surface area (Å²) in [6, 6.07) is 11.0. The van der Waals surface area contributed by atoms with E-state index in [9.17, 15) is 8.42 Å². The minimum absolute atomic E-state index is 0.179. The van der Waals surface area contributed by atoms with Gasteiger partial charge in [-0.1, -0.05) is 18.2 Å². The highest BCUT2D eigenvalue weighted by molar-refractivity contribution is 7.89. The second-order valence-electron chi connectivity index (χ2n) is 4.61. The van der Waals surface area contributed by atoms with Crippen LogP contribution in [0, 0.1) is 6.92 Å². The molecule has 2 rings (SSSR count). The number of aryl methyl sites for hydroxylation is 1. The Morgan fingerprint density at radius 3 is 2.35 bits per heavy atom. The molecule has 0 radical (unpaired) electrons. The van der Waals surface area contributed by atoms with E-state index in [1.165, 1.54) is 24.6 Å². The maximum atomic E-state index is 11.9. The summed E-state index contributed by atoms with van der Waals surface area (Å²) in [4.78, 5) is 4.33. The molecule has 0 aliphatic rings. The Bertz CT molecular complexity index is 695. The van der Waals surface area contributed by atoms with Crippen LogP contribution in [0.1, 0.15) is 5.56 Å². The summed E-state index contributed by atoms with van der Waals surface area (Å²) in [6.07, 6.45) is 1.36. The first-order valence-electron chi connectivity index (χ1n) is 6.12. The number of sulfonamides is 1. The molecule has 0 aliphatic heterocycles. The van der Waals surface area contributed by atoms with Crippen molar-refractivity contribution in [2.45, 2.75) is 11.8 Å². The van der Waals surface area contributed by atoms with Gasteiger partial charge in [0.15, 0.2) is 0 Å². The topological polar surface area (TPSA) is 62.3 Å². The highest BCUT2D eigenvalue weighted by Crippen LogP contribution is 2.20. The molecule has 0 atom stereocenters. The van der Waals surface area contributed by atoms with Crippen molar-refractivity contribution in [2.75, 3.05) is 19.4 Å². The van der Waals surface area contributed by atoms with Crippen molar-refractivity contribution in [3.8, 4) is 0 Å². The van der Waals surface area contributed by atoms with Crippen LogP contribution in [0.4, 0.5) is 11.5 Å². The van der Waals surface area contributed by atoms with Gasteiger partial charge in [-0.05, 0) is 30.7 Å². The average Bonchev–Trinajstić information content (AvgIpc) is 2.42. The molecule has 2 aromatic rings. The molecule has 1 aromatic carbocycles. The number of hydrogen-bond donors (Lipinski definition) is 1. The number of aromatic nitrogens is 1. The summed E-state index contributed by atoms with van der Waals surface area (Å²) in [7, 11) is -0.442. The van der Waals surface area contributed by atoms with Crippen LogP contribution in [0.3, 0.4) is 0 Å². The van der Waals surface area contributed by atoms with Gasteiger partial charge in [-0.25, -0.2) is 17.7 Å². The number of rotatable bonds is 4. The molecule has 0 fully saturated rings. The second kappa shape index (κ2) is 5.60. The third-order valence-corrected chi connectivity index (χ3v) is 4.72. The summed E-state index contributed by atoms with van der Waals surface area (Å²) in [5.74, 6) is 0.608. The Morgan fingerprint density at radius 2 is 1.80 bits per heavy atom. The zero-order valence-electron chi connectivity index (χ0n) is 11.7. The fraction of sp³-hybridized carbons (Fsp3) is 0.214. The van der Waals surface area contributed by atoms with E-state index >= 15 is 0 Å². The van der Waals surface area contributed by atoms with Crippen molar-refractivity contribution in [3.05, 3.63) is 48.2 Å². The van der Waals surface area contributed by atoms with Gasteiger partial charge in [0.25, 0.3) is 0 Å². The lowest BCUT2D eigenvalue weighted by Crippen LogP contribution is -2.22. The van der Waals surface area contributed by atoms with E-state index in [1.54, 1.807) is 12.1 Å². The van der Waals surface area contributed by atoms with E-state index in [2.05, 4.69) is 10.3 Å². The molecular formula is C14H17N3O2S. The standard InChI is InChI=1S/C14H17N3O2S/c1-11-6-4-5-7-13(11)16-14-9-8-12(10-15-14)20(18,19)17(2)3/h4-10H,1-3H3,(H,15,16). The number of anilines is 2. The van der Waals surface area contributed by atoms with Gasteiger partial charge in [0.1, 0.15) is 10.7 Å². The molecule has 106 valence electrons. The van der Waals surface area contributed by atoms with Gasteiger partial charge in [0, 0.05) is 26.0 Å². The SMILES string of the molecule is Cc1ccccc1Nc1ccc(S(=O)(=O)N(C)C)cn1. The molecule has 0 unspecified atom stereocenters. The summed E-state index contributed by atoms with van der Waals surface area (Å²) in [5, 5.41) is 3.16. The summed E-state index contributed by atoms with van der Waals surface area (Å²) in [6.45, 7) is 1.99. The van der Waals surface area contributed by atoms with Crippen LogP contribution in [0.5, 0.6) is 0 Å². The molecule has 0 bridgehead atoms. The average molecular weight is 291 g/mol. The van der Waals surface area contributed by atoms with E-state index < -0.39 is 10.0 Å². The molecule has 0 spiro atoms. The molecule has 5 nitrogen and oxygen atoms in total. The fourth-order valence-electron chi connectivity index (χ4n) is 1.67. The Hall–Kier alpha value is -1.92. The zero-order valence-corrected chi connectivity index (χ0v) is 12.5. The van der Waals surface area contributed by atoms with Gasteiger partial charge in [0.05, 0.1) is 0 Å². The largest absolute Gasteiger partial charge is 0.340 e. The lowest BCUT2D eigenvalue weighted by molar-refractivity contribution is 0.520. The Balaban J connectivity index is 2.24. The number of hydrogen-bond acceptors (Lipinski definition) is 4. The van der Waals surface area contributed by atoms with Gasteiger partial charge in [-0.15, -0.1) is 0 Å². The minimum Gasteiger partial charge on any atom is -0.340 e. The van der Waals surface area contributed by atoms with Crippen molar-refractivity contribution in [1.29, 1.82) is 0 Å². The molecule has 1 heterocycles. The van der Waals surface area contributed by atoms with Gasteiger partial charge >= 0.3 is 0 Å². The lowest BCUT2D eigenvalue weighted by atomic mass is 10.2. The third-order valence-electron chi connectivity index (χ3n) is 2.92. The van der Waals surface area contributed by atoms with Crippen LogP contribution >= 0.6 is 0 Å². The maximum absolute atomic E-state index is 11.9. The monoisotopic (exact) mass is 291 g/mol. The quantitative estimate of drug-likeness (QED) is 0.939. The molecule has 6 heteroatoms. The van der Waals surface area contributed by atoms with E-state index in [4.69, 9.17) is 0 Å². The van der Waals surface area contributed by atoms with E-state index in [0.717, 1.165) is 11.3 Å². The molecule has 0 saturated heterocycles. The summed E-state index contributed by atoms with van der Waals surface area (Å²) < 4.78 is 25.0. The lowest BCUT2D eigenvalue weighted by Gasteiger charge is -2.12. The highest BCUT2D eigenvalue weighted by atomic mass is 32.2. The number of pyridine rings is 1. The molecule has 0 aliphatic carbocycles. The van der Waals surface area contributed by atoms with Crippen molar-refractivity contribution in [1.82, 2.24) is 9.29 Å². The Morgan fingerprint density at radius 1 is 1.10 bits per heavy atom. The molecular weight excluding hydrogens is 274 g/mol. The van der Waals surface area contributed by atoms with E-state index in [1.807, 2.05) is 31.2 Å².